The Morgan fingerprint density at radius 3 is 2.47 bits per heavy atom. The van der Waals surface area contributed by atoms with Gasteiger partial charge in [-0.3, -0.25) is 0 Å². The van der Waals surface area contributed by atoms with Gasteiger partial charge in [-0.1, -0.05) is 12.1 Å². The van der Waals surface area contributed by atoms with Crippen LogP contribution < -0.4 is 0 Å². The van der Waals surface area contributed by atoms with Gasteiger partial charge in [0, 0.05) is 0 Å². The van der Waals surface area contributed by atoms with E-state index in [0.29, 0.717) is 11.0 Å². The first-order valence-corrected chi connectivity index (χ1v) is 4.14. The van der Waals surface area contributed by atoms with E-state index in [1.807, 2.05) is 0 Å². The second kappa shape index (κ2) is 3.22. The van der Waals surface area contributed by atoms with E-state index in [4.69, 9.17) is 0 Å². The number of H-pyrrole nitrogens is 1. The van der Waals surface area contributed by atoms with Gasteiger partial charge in [0.05, 0.1) is 11.0 Å². The van der Waals surface area contributed by atoms with Crippen LogP contribution in [0, 0.1) is 0 Å². The van der Waals surface area contributed by atoms with Crippen LogP contribution in [0.15, 0.2) is 24.3 Å². The van der Waals surface area contributed by atoms with Crippen LogP contribution in [-0.2, 0) is 0 Å². The van der Waals surface area contributed by atoms with Gasteiger partial charge in [0.2, 0.25) is 0 Å². The number of alkyl halides is 4. The van der Waals surface area contributed by atoms with E-state index in [1.54, 1.807) is 12.1 Å². The van der Waals surface area contributed by atoms with Crippen LogP contribution in [0.25, 0.3) is 11.0 Å². The normalized spacial score (nSPS) is 14.4. The van der Waals surface area contributed by atoms with Crippen molar-refractivity contribution in [3.8, 4) is 0 Å². The van der Waals surface area contributed by atoms with Gasteiger partial charge in [-0.05, 0) is 12.1 Å². The Balaban J connectivity index is 2.45. The van der Waals surface area contributed by atoms with Crippen LogP contribution >= 0.6 is 0 Å². The number of hydrogen-bond donors (Lipinski definition) is 1. The molecule has 0 saturated heterocycles. The van der Waals surface area contributed by atoms with Gasteiger partial charge in [-0.25, -0.2) is 9.37 Å². The summed E-state index contributed by atoms with van der Waals surface area (Å²) in [6, 6.07) is 6.30. The highest BCUT2D eigenvalue weighted by Gasteiger charge is 2.43. The van der Waals surface area contributed by atoms with E-state index in [0.717, 1.165) is 0 Å². The highest BCUT2D eigenvalue weighted by Crippen LogP contribution is 2.34. The largest absolute Gasteiger partial charge is 0.427 e. The van der Waals surface area contributed by atoms with Crippen molar-refractivity contribution < 1.29 is 17.6 Å². The smallest absolute Gasteiger partial charge is 0.339 e. The molecule has 0 fully saturated rings. The summed E-state index contributed by atoms with van der Waals surface area (Å²) in [7, 11) is 0. The topological polar surface area (TPSA) is 28.7 Å². The molecule has 0 unspecified atom stereocenters. The molecule has 0 aliphatic carbocycles. The molecule has 1 heterocycles. The third kappa shape index (κ3) is 1.79. The molecule has 0 bridgehead atoms. The third-order valence-corrected chi connectivity index (χ3v) is 1.94. The van der Waals surface area contributed by atoms with E-state index < -0.39 is 18.2 Å². The molecule has 6 heteroatoms. The number of rotatable bonds is 1. The van der Waals surface area contributed by atoms with Gasteiger partial charge < -0.3 is 4.98 Å². The van der Waals surface area contributed by atoms with Gasteiger partial charge >= 0.3 is 6.18 Å². The van der Waals surface area contributed by atoms with Crippen LogP contribution in [-0.4, -0.2) is 16.1 Å². The predicted octanol–water partition coefficient (Wildman–Crippen LogP) is 3.14. The van der Waals surface area contributed by atoms with E-state index in [-0.39, 0.29) is 0 Å². The van der Waals surface area contributed by atoms with Crippen molar-refractivity contribution in [2.24, 2.45) is 0 Å². The average molecular weight is 218 g/mol. The van der Waals surface area contributed by atoms with E-state index in [1.165, 1.54) is 12.1 Å². The Hall–Kier alpha value is -1.59. The summed E-state index contributed by atoms with van der Waals surface area (Å²) < 4.78 is 48.9. The lowest BCUT2D eigenvalue weighted by atomic mass is 10.3. The second-order valence-corrected chi connectivity index (χ2v) is 3.04. The standard InChI is InChI=1S/C9H6F4N2/c10-7(9(11,12)13)8-14-5-3-1-2-4-6(5)15-8/h1-4,7H,(H,14,15)/t7-/m0/s1. The molecule has 2 nitrogen and oxygen atoms in total. The number of hydrogen-bond acceptors (Lipinski definition) is 1. The molecule has 0 amide bonds. The molecular weight excluding hydrogens is 212 g/mol. The minimum atomic E-state index is -4.92. The fourth-order valence-electron chi connectivity index (χ4n) is 1.25. The number of aromatic nitrogens is 2. The van der Waals surface area contributed by atoms with Crippen LogP contribution in [0.5, 0.6) is 0 Å². The van der Waals surface area contributed by atoms with Crippen molar-refractivity contribution in [1.82, 2.24) is 9.97 Å². The van der Waals surface area contributed by atoms with E-state index >= 15 is 0 Å². The Morgan fingerprint density at radius 1 is 1.20 bits per heavy atom. The molecule has 0 saturated carbocycles. The zero-order valence-corrected chi connectivity index (χ0v) is 7.35. The summed E-state index contributed by atoms with van der Waals surface area (Å²) in [6.07, 6.45) is -7.99. The van der Waals surface area contributed by atoms with Crippen molar-refractivity contribution in [1.29, 1.82) is 0 Å². The number of imidazole rings is 1. The van der Waals surface area contributed by atoms with Gasteiger partial charge in [0.25, 0.3) is 6.17 Å². The van der Waals surface area contributed by atoms with Crippen molar-refractivity contribution in [2.75, 3.05) is 0 Å². The quantitative estimate of drug-likeness (QED) is 0.732. The number of halogens is 4. The molecule has 1 atom stereocenters. The molecule has 0 radical (unpaired) electrons. The first kappa shape index (κ1) is 9.95. The molecule has 1 N–H and O–H groups in total. The monoisotopic (exact) mass is 218 g/mol. The number of para-hydroxylation sites is 2. The minimum absolute atomic E-state index is 0.319. The van der Waals surface area contributed by atoms with Gasteiger partial charge in [0.1, 0.15) is 0 Å². The molecule has 0 spiro atoms. The van der Waals surface area contributed by atoms with Crippen molar-refractivity contribution >= 4 is 11.0 Å². The summed E-state index contributed by atoms with van der Waals surface area (Å²) >= 11 is 0. The number of aromatic amines is 1. The zero-order chi connectivity index (χ0) is 11.1. The molecule has 1 aromatic carbocycles. The van der Waals surface area contributed by atoms with Crippen molar-refractivity contribution in [3.05, 3.63) is 30.1 Å². The number of benzene rings is 1. The molecular formula is C9H6F4N2. The minimum Gasteiger partial charge on any atom is -0.339 e. The Bertz CT molecular complexity index is 441. The maximum absolute atomic E-state index is 12.9. The van der Waals surface area contributed by atoms with Crippen LogP contribution in [0.2, 0.25) is 0 Å². The van der Waals surface area contributed by atoms with E-state index in [9.17, 15) is 17.6 Å². The number of fused-ring (bicyclic) bond motifs is 1. The summed E-state index contributed by atoms with van der Waals surface area (Å²) in [5.74, 6) is -0.705. The van der Waals surface area contributed by atoms with E-state index in [2.05, 4.69) is 9.97 Å². The van der Waals surface area contributed by atoms with Crippen molar-refractivity contribution in [2.45, 2.75) is 12.3 Å². The fourth-order valence-corrected chi connectivity index (χ4v) is 1.25. The molecule has 1 aromatic heterocycles. The first-order chi connectivity index (χ1) is 6.98. The maximum Gasteiger partial charge on any atom is 0.427 e. The van der Waals surface area contributed by atoms with Crippen LogP contribution in [0.4, 0.5) is 17.6 Å². The van der Waals surface area contributed by atoms with Crippen molar-refractivity contribution in [3.63, 3.8) is 0 Å². The summed E-state index contributed by atoms with van der Waals surface area (Å²) in [5, 5.41) is 0. The molecule has 0 aliphatic rings. The van der Waals surface area contributed by atoms with Gasteiger partial charge in [-0.15, -0.1) is 0 Å². The Labute approximate surface area is 81.9 Å². The highest BCUT2D eigenvalue weighted by atomic mass is 19.4. The summed E-state index contributed by atoms with van der Waals surface area (Å²) in [4.78, 5) is 5.82. The Morgan fingerprint density at radius 2 is 1.87 bits per heavy atom. The number of nitrogens with one attached hydrogen (secondary N) is 1. The van der Waals surface area contributed by atoms with Crippen LogP contribution in [0.1, 0.15) is 12.0 Å². The van der Waals surface area contributed by atoms with Gasteiger partial charge in [0.15, 0.2) is 5.82 Å². The highest BCUT2D eigenvalue weighted by molar-refractivity contribution is 5.74. The predicted molar refractivity (Wildman–Crippen MR) is 46.0 cm³/mol. The lowest BCUT2D eigenvalue weighted by Crippen LogP contribution is -2.17. The lowest BCUT2D eigenvalue weighted by Gasteiger charge is -2.08. The third-order valence-electron chi connectivity index (χ3n) is 1.94. The number of nitrogens with zero attached hydrogens (tertiary/aromatic N) is 1. The zero-order valence-electron chi connectivity index (χ0n) is 7.35. The fraction of sp³-hybridized carbons (Fsp3) is 0.222. The second-order valence-electron chi connectivity index (χ2n) is 3.04. The summed E-state index contributed by atoms with van der Waals surface area (Å²) in [5.41, 5.74) is 0.707. The molecule has 2 aromatic rings. The molecule has 15 heavy (non-hydrogen) atoms. The summed E-state index contributed by atoms with van der Waals surface area (Å²) in [6.45, 7) is 0. The molecule has 0 aliphatic heterocycles. The SMILES string of the molecule is F[C@@H](c1nc2ccccc2[nH]1)C(F)(F)F. The first-order valence-electron chi connectivity index (χ1n) is 4.14. The Kier molecular flexibility index (Phi) is 2.13. The van der Waals surface area contributed by atoms with Crippen LogP contribution in [0.3, 0.4) is 0 Å². The molecule has 2 rings (SSSR count). The van der Waals surface area contributed by atoms with Gasteiger partial charge in [-0.2, -0.15) is 13.2 Å². The average Bonchev–Trinajstić information content (AvgIpc) is 2.58. The lowest BCUT2D eigenvalue weighted by molar-refractivity contribution is -0.184. The maximum atomic E-state index is 12.9. The molecule has 80 valence electrons.